The number of halogens is 2. The van der Waals surface area contributed by atoms with E-state index in [1.165, 1.54) is 0 Å². The molecule has 0 unspecified atom stereocenters. The van der Waals surface area contributed by atoms with Crippen LogP contribution in [0.25, 0.3) is 11.0 Å². The molecule has 0 spiro atoms. The second kappa shape index (κ2) is 8.55. The standard InChI is InChI=1S/C22H24Cl2N6O/c23-14-8-15(24)10-17(9-14)28-19(13-3-4-13)22(31)29-16-2-1-7-30(11-16)21-18-5-6-25-20(18)26-12-27-21/h5-6,8-10,12-13,16,19,28H,1-4,7,11H2,(H,29,31)(H,25,26,27)/t16-,19-/m1/s1. The van der Waals surface area contributed by atoms with Crippen molar-refractivity contribution in [3.63, 3.8) is 0 Å². The van der Waals surface area contributed by atoms with Gasteiger partial charge in [0, 0.05) is 41.1 Å². The molecule has 2 fully saturated rings. The number of carbonyl (C=O) groups excluding carboxylic acids is 1. The molecule has 2 aliphatic rings. The van der Waals surface area contributed by atoms with Crippen molar-refractivity contribution in [1.29, 1.82) is 0 Å². The number of nitrogens with zero attached hydrogens (tertiary/aromatic N) is 3. The van der Waals surface area contributed by atoms with Crippen LogP contribution < -0.4 is 15.5 Å². The Bertz CT molecular complexity index is 1080. The molecule has 0 bridgehead atoms. The van der Waals surface area contributed by atoms with Crippen LogP contribution in [0, 0.1) is 5.92 Å². The second-order valence-corrected chi connectivity index (χ2v) is 9.22. The van der Waals surface area contributed by atoms with Gasteiger partial charge >= 0.3 is 0 Å². The molecule has 31 heavy (non-hydrogen) atoms. The average Bonchev–Trinajstić information content (AvgIpc) is 3.46. The molecule has 1 aliphatic carbocycles. The van der Waals surface area contributed by atoms with Gasteiger partial charge < -0.3 is 20.5 Å². The summed E-state index contributed by atoms with van der Waals surface area (Å²) in [4.78, 5) is 27.3. The van der Waals surface area contributed by atoms with Crippen LogP contribution in [-0.4, -0.2) is 46.0 Å². The van der Waals surface area contributed by atoms with Crippen molar-refractivity contribution in [2.45, 2.75) is 37.8 Å². The minimum atomic E-state index is -0.291. The molecule has 162 valence electrons. The van der Waals surface area contributed by atoms with Gasteiger partial charge in [-0.3, -0.25) is 4.79 Å². The number of benzene rings is 1. The van der Waals surface area contributed by atoms with Crippen LogP contribution in [-0.2, 0) is 4.79 Å². The first kappa shape index (κ1) is 20.4. The van der Waals surface area contributed by atoms with E-state index in [0.717, 1.165) is 61.3 Å². The number of amides is 1. The van der Waals surface area contributed by atoms with Crippen LogP contribution >= 0.6 is 23.2 Å². The molecule has 1 saturated heterocycles. The quantitative estimate of drug-likeness (QED) is 0.514. The largest absolute Gasteiger partial charge is 0.373 e. The molecule has 3 heterocycles. The molecule has 1 amide bonds. The van der Waals surface area contributed by atoms with E-state index in [1.54, 1.807) is 24.5 Å². The predicted molar refractivity (Wildman–Crippen MR) is 124 cm³/mol. The highest BCUT2D eigenvalue weighted by Crippen LogP contribution is 2.35. The second-order valence-electron chi connectivity index (χ2n) is 8.35. The summed E-state index contributed by atoms with van der Waals surface area (Å²) < 4.78 is 0. The number of carbonyl (C=O) groups is 1. The molecule has 1 saturated carbocycles. The van der Waals surface area contributed by atoms with Crippen molar-refractivity contribution < 1.29 is 4.79 Å². The molecule has 3 aromatic rings. The van der Waals surface area contributed by atoms with E-state index >= 15 is 0 Å². The number of H-pyrrole nitrogens is 1. The van der Waals surface area contributed by atoms with Gasteiger partial charge in [-0.05, 0) is 55.9 Å². The Balaban J connectivity index is 1.28. The molecule has 0 radical (unpaired) electrons. The Kier molecular flexibility index (Phi) is 5.63. The zero-order chi connectivity index (χ0) is 21.4. The number of nitrogens with one attached hydrogen (secondary N) is 3. The minimum Gasteiger partial charge on any atom is -0.373 e. The SMILES string of the molecule is O=C(N[C@@H]1CCCN(c2ncnc3[nH]ccc23)C1)[C@H](Nc1cc(Cl)cc(Cl)c1)C1CC1. The lowest BCUT2D eigenvalue weighted by molar-refractivity contribution is -0.123. The zero-order valence-electron chi connectivity index (χ0n) is 16.9. The Hall–Kier alpha value is -2.51. The van der Waals surface area contributed by atoms with E-state index < -0.39 is 0 Å². The number of hydrogen-bond acceptors (Lipinski definition) is 5. The van der Waals surface area contributed by atoms with E-state index in [-0.39, 0.29) is 18.0 Å². The Morgan fingerprint density at radius 1 is 1.16 bits per heavy atom. The number of piperidine rings is 1. The third-order valence-corrected chi connectivity index (χ3v) is 6.40. The monoisotopic (exact) mass is 458 g/mol. The number of fused-ring (bicyclic) bond motifs is 1. The lowest BCUT2D eigenvalue weighted by Crippen LogP contribution is -2.52. The Labute approximate surface area is 190 Å². The van der Waals surface area contributed by atoms with Crippen LogP contribution in [0.5, 0.6) is 0 Å². The van der Waals surface area contributed by atoms with E-state index in [9.17, 15) is 4.79 Å². The van der Waals surface area contributed by atoms with Crippen molar-refractivity contribution >= 4 is 51.6 Å². The molecule has 2 aromatic heterocycles. The Morgan fingerprint density at radius 2 is 1.97 bits per heavy atom. The molecule has 1 aromatic carbocycles. The molecule has 1 aliphatic heterocycles. The molecule has 5 rings (SSSR count). The molecular formula is C22H24Cl2N6O. The van der Waals surface area contributed by atoms with Crippen molar-refractivity contribution in [3.8, 4) is 0 Å². The van der Waals surface area contributed by atoms with Crippen LogP contribution in [0.3, 0.4) is 0 Å². The van der Waals surface area contributed by atoms with E-state index in [0.29, 0.717) is 16.0 Å². The molecular weight excluding hydrogens is 435 g/mol. The first-order valence-electron chi connectivity index (χ1n) is 10.6. The number of aromatic amines is 1. The maximum absolute atomic E-state index is 13.2. The number of hydrogen-bond donors (Lipinski definition) is 3. The van der Waals surface area contributed by atoms with Crippen molar-refractivity contribution in [1.82, 2.24) is 20.3 Å². The maximum Gasteiger partial charge on any atom is 0.243 e. The van der Waals surface area contributed by atoms with E-state index in [2.05, 4.69) is 30.5 Å². The lowest BCUT2D eigenvalue weighted by Gasteiger charge is -2.35. The van der Waals surface area contributed by atoms with Crippen LogP contribution in [0.4, 0.5) is 11.5 Å². The number of aromatic nitrogens is 3. The van der Waals surface area contributed by atoms with Gasteiger partial charge in [-0.1, -0.05) is 23.2 Å². The molecule has 9 heteroatoms. The fourth-order valence-corrected chi connectivity index (χ4v) is 4.86. The van der Waals surface area contributed by atoms with Crippen LogP contribution in [0.2, 0.25) is 10.0 Å². The third-order valence-electron chi connectivity index (χ3n) is 5.96. The Morgan fingerprint density at radius 3 is 2.74 bits per heavy atom. The topological polar surface area (TPSA) is 85.9 Å². The zero-order valence-corrected chi connectivity index (χ0v) is 18.5. The first-order valence-corrected chi connectivity index (χ1v) is 11.4. The number of rotatable bonds is 6. The maximum atomic E-state index is 13.2. The van der Waals surface area contributed by atoms with Gasteiger partial charge in [-0.2, -0.15) is 0 Å². The summed E-state index contributed by atoms with van der Waals surface area (Å²) in [5.41, 5.74) is 1.60. The van der Waals surface area contributed by atoms with Gasteiger partial charge in [-0.25, -0.2) is 9.97 Å². The van der Waals surface area contributed by atoms with Gasteiger partial charge in [0.2, 0.25) is 5.91 Å². The van der Waals surface area contributed by atoms with E-state index in [1.807, 2.05) is 12.3 Å². The third kappa shape index (κ3) is 4.57. The highest BCUT2D eigenvalue weighted by Gasteiger charge is 2.37. The summed E-state index contributed by atoms with van der Waals surface area (Å²) in [6.45, 7) is 1.64. The summed E-state index contributed by atoms with van der Waals surface area (Å²) in [5.74, 6) is 1.27. The summed E-state index contributed by atoms with van der Waals surface area (Å²) in [7, 11) is 0. The smallest absolute Gasteiger partial charge is 0.243 e. The van der Waals surface area contributed by atoms with Crippen molar-refractivity contribution in [2.75, 3.05) is 23.3 Å². The highest BCUT2D eigenvalue weighted by atomic mass is 35.5. The molecule has 3 N–H and O–H groups in total. The van der Waals surface area contributed by atoms with Crippen LogP contribution in [0.15, 0.2) is 36.8 Å². The highest BCUT2D eigenvalue weighted by molar-refractivity contribution is 6.35. The van der Waals surface area contributed by atoms with E-state index in [4.69, 9.17) is 23.2 Å². The fourth-order valence-electron chi connectivity index (χ4n) is 4.33. The minimum absolute atomic E-state index is 0.0277. The molecule has 2 atom stereocenters. The fraction of sp³-hybridized carbons (Fsp3) is 0.409. The summed E-state index contributed by atoms with van der Waals surface area (Å²) in [6.07, 6.45) is 7.49. The number of anilines is 2. The van der Waals surface area contributed by atoms with Crippen LogP contribution in [0.1, 0.15) is 25.7 Å². The first-order chi connectivity index (χ1) is 15.1. The summed E-state index contributed by atoms with van der Waals surface area (Å²) in [6, 6.07) is 7.06. The van der Waals surface area contributed by atoms with Gasteiger partial charge in [0.05, 0.1) is 5.39 Å². The molecule has 7 nitrogen and oxygen atoms in total. The normalized spacial score (nSPS) is 19.9. The predicted octanol–water partition coefficient (Wildman–Crippen LogP) is 4.24. The van der Waals surface area contributed by atoms with Crippen molar-refractivity contribution in [2.24, 2.45) is 5.92 Å². The van der Waals surface area contributed by atoms with Gasteiger partial charge in [0.15, 0.2) is 0 Å². The summed E-state index contributed by atoms with van der Waals surface area (Å²) in [5, 5.41) is 8.73. The van der Waals surface area contributed by atoms with Gasteiger partial charge in [0.1, 0.15) is 23.8 Å². The average molecular weight is 459 g/mol. The van der Waals surface area contributed by atoms with Crippen molar-refractivity contribution in [3.05, 3.63) is 46.8 Å². The summed E-state index contributed by atoms with van der Waals surface area (Å²) >= 11 is 12.3. The van der Waals surface area contributed by atoms with Gasteiger partial charge in [-0.15, -0.1) is 0 Å². The van der Waals surface area contributed by atoms with Gasteiger partial charge in [0.25, 0.3) is 0 Å². The lowest BCUT2D eigenvalue weighted by atomic mass is 10.0.